The van der Waals surface area contributed by atoms with Crippen molar-refractivity contribution >= 4 is 0 Å². The van der Waals surface area contributed by atoms with Crippen LogP contribution in [-0.2, 0) is 0 Å². The minimum absolute atomic E-state index is 0.940. The van der Waals surface area contributed by atoms with Crippen LogP contribution >= 0.6 is 0 Å². The molecule has 0 saturated carbocycles. The number of hydrogen-bond donors (Lipinski definition) is 0. The van der Waals surface area contributed by atoms with Gasteiger partial charge in [0.1, 0.15) is 0 Å². The quantitative estimate of drug-likeness (QED) is 0.586. The van der Waals surface area contributed by atoms with Gasteiger partial charge in [0.25, 0.3) is 0 Å². The molecule has 0 spiro atoms. The fourth-order valence-electron chi connectivity index (χ4n) is 2.77. The van der Waals surface area contributed by atoms with E-state index < -0.39 is 0 Å². The van der Waals surface area contributed by atoms with Crippen molar-refractivity contribution in [2.45, 2.75) is 50.6 Å². The summed E-state index contributed by atoms with van der Waals surface area (Å²) in [7, 11) is 0. The molecule has 2 aliphatic heterocycles. The van der Waals surface area contributed by atoms with E-state index in [0.717, 1.165) is 18.5 Å². The van der Waals surface area contributed by atoms with Gasteiger partial charge in [-0.3, -0.25) is 4.90 Å². The first-order chi connectivity index (χ1) is 5.42. The predicted molar refractivity (Wildman–Crippen MR) is 47.3 cm³/mol. The summed E-state index contributed by atoms with van der Waals surface area (Å²) in [6.45, 7) is 5.18. The van der Waals surface area contributed by atoms with Crippen molar-refractivity contribution in [1.29, 1.82) is 0 Å². The van der Waals surface area contributed by atoms with E-state index in [1.165, 1.54) is 38.6 Å². The SMILES string of the molecule is [CH2]CCN1C2CCCC1CC2. The summed E-state index contributed by atoms with van der Waals surface area (Å²) in [5.74, 6) is 0. The monoisotopic (exact) mass is 152 g/mol. The van der Waals surface area contributed by atoms with Crippen molar-refractivity contribution in [3.63, 3.8) is 0 Å². The highest BCUT2D eigenvalue weighted by atomic mass is 15.2. The topological polar surface area (TPSA) is 3.24 Å². The summed E-state index contributed by atoms with van der Waals surface area (Å²) in [6.07, 6.45) is 8.40. The third kappa shape index (κ3) is 1.31. The summed E-state index contributed by atoms with van der Waals surface area (Å²) >= 11 is 0. The standard InChI is InChI=1S/C10H18N/c1-2-8-11-9-4-3-5-10(11)7-6-9/h9-10H,1-8H2. The number of piperidine rings is 1. The zero-order chi connectivity index (χ0) is 7.68. The van der Waals surface area contributed by atoms with E-state index in [4.69, 9.17) is 0 Å². The maximum atomic E-state index is 3.93. The van der Waals surface area contributed by atoms with Crippen molar-refractivity contribution in [2.24, 2.45) is 0 Å². The highest BCUT2D eigenvalue weighted by molar-refractivity contribution is 4.91. The molecular weight excluding hydrogens is 134 g/mol. The molecule has 2 aliphatic rings. The fourth-order valence-corrected chi connectivity index (χ4v) is 2.77. The predicted octanol–water partition coefficient (Wildman–Crippen LogP) is 2.23. The van der Waals surface area contributed by atoms with Gasteiger partial charge in [0.2, 0.25) is 0 Å². The van der Waals surface area contributed by atoms with E-state index in [0.29, 0.717) is 0 Å². The van der Waals surface area contributed by atoms with Crippen molar-refractivity contribution in [3.8, 4) is 0 Å². The molecule has 0 aromatic carbocycles. The molecule has 2 saturated heterocycles. The van der Waals surface area contributed by atoms with Gasteiger partial charge in [0.15, 0.2) is 0 Å². The lowest BCUT2D eigenvalue weighted by molar-refractivity contribution is 0.143. The van der Waals surface area contributed by atoms with E-state index in [1.807, 2.05) is 0 Å². The number of fused-ring (bicyclic) bond motifs is 2. The molecule has 0 aromatic rings. The Labute approximate surface area is 69.8 Å². The summed E-state index contributed by atoms with van der Waals surface area (Å²) in [5, 5.41) is 0. The summed E-state index contributed by atoms with van der Waals surface area (Å²) in [5.41, 5.74) is 0. The Morgan fingerprint density at radius 2 is 1.73 bits per heavy atom. The molecule has 2 atom stereocenters. The second kappa shape index (κ2) is 3.14. The average Bonchev–Trinajstić information content (AvgIpc) is 2.30. The summed E-state index contributed by atoms with van der Waals surface area (Å²) < 4.78 is 0. The van der Waals surface area contributed by atoms with E-state index in [9.17, 15) is 0 Å². The van der Waals surface area contributed by atoms with Crippen LogP contribution in [0.1, 0.15) is 38.5 Å². The molecule has 0 aliphatic carbocycles. The average molecular weight is 152 g/mol. The van der Waals surface area contributed by atoms with Crippen LogP contribution in [-0.4, -0.2) is 23.5 Å². The molecule has 0 amide bonds. The van der Waals surface area contributed by atoms with Crippen molar-refractivity contribution < 1.29 is 0 Å². The van der Waals surface area contributed by atoms with E-state index in [2.05, 4.69) is 11.8 Å². The number of rotatable bonds is 2. The molecule has 2 rings (SSSR count). The first-order valence-corrected chi connectivity index (χ1v) is 4.97. The molecule has 0 N–H and O–H groups in total. The van der Waals surface area contributed by atoms with Crippen LogP contribution in [0.5, 0.6) is 0 Å². The van der Waals surface area contributed by atoms with Gasteiger partial charge in [-0.25, -0.2) is 0 Å². The van der Waals surface area contributed by atoms with Gasteiger partial charge < -0.3 is 0 Å². The number of nitrogens with zero attached hydrogens (tertiary/aromatic N) is 1. The van der Waals surface area contributed by atoms with Crippen molar-refractivity contribution in [2.75, 3.05) is 6.54 Å². The Bertz CT molecular complexity index is 117. The molecule has 1 nitrogen and oxygen atoms in total. The zero-order valence-corrected chi connectivity index (χ0v) is 7.26. The van der Waals surface area contributed by atoms with E-state index in [-0.39, 0.29) is 0 Å². The zero-order valence-electron chi connectivity index (χ0n) is 7.26. The molecule has 2 fully saturated rings. The van der Waals surface area contributed by atoms with Crippen LogP contribution in [0.25, 0.3) is 0 Å². The molecule has 1 heteroatoms. The van der Waals surface area contributed by atoms with Crippen LogP contribution in [0.3, 0.4) is 0 Å². The van der Waals surface area contributed by atoms with Gasteiger partial charge in [-0.2, -0.15) is 0 Å². The second-order valence-electron chi connectivity index (χ2n) is 3.91. The molecule has 2 bridgehead atoms. The minimum Gasteiger partial charge on any atom is -0.297 e. The Balaban J connectivity index is 1.97. The van der Waals surface area contributed by atoms with Crippen LogP contribution in [0.2, 0.25) is 0 Å². The second-order valence-corrected chi connectivity index (χ2v) is 3.91. The molecule has 0 aromatic heterocycles. The van der Waals surface area contributed by atoms with Crippen LogP contribution in [0.4, 0.5) is 0 Å². The van der Waals surface area contributed by atoms with Gasteiger partial charge in [-0.1, -0.05) is 13.3 Å². The molecule has 1 radical (unpaired) electrons. The first-order valence-electron chi connectivity index (χ1n) is 4.97. The highest BCUT2D eigenvalue weighted by Crippen LogP contribution is 2.35. The Morgan fingerprint density at radius 1 is 1.09 bits per heavy atom. The molecule has 11 heavy (non-hydrogen) atoms. The van der Waals surface area contributed by atoms with Crippen LogP contribution in [0.15, 0.2) is 0 Å². The van der Waals surface area contributed by atoms with Crippen molar-refractivity contribution in [3.05, 3.63) is 6.92 Å². The Kier molecular flexibility index (Phi) is 2.17. The minimum atomic E-state index is 0.940. The lowest BCUT2D eigenvalue weighted by atomic mass is 10.0. The third-order valence-corrected chi connectivity index (χ3v) is 3.26. The molecule has 63 valence electrons. The van der Waals surface area contributed by atoms with Crippen molar-refractivity contribution in [1.82, 2.24) is 4.90 Å². The fraction of sp³-hybridized carbons (Fsp3) is 0.900. The molecule has 2 unspecified atom stereocenters. The first kappa shape index (κ1) is 7.60. The lowest BCUT2D eigenvalue weighted by Gasteiger charge is -2.34. The van der Waals surface area contributed by atoms with E-state index >= 15 is 0 Å². The normalized spacial score (nSPS) is 37.9. The van der Waals surface area contributed by atoms with Gasteiger partial charge in [-0.15, -0.1) is 0 Å². The van der Waals surface area contributed by atoms with Gasteiger partial charge >= 0.3 is 0 Å². The molecular formula is C10H18N. The lowest BCUT2D eigenvalue weighted by Crippen LogP contribution is -2.39. The Hall–Kier alpha value is -0.0400. The Morgan fingerprint density at radius 3 is 2.27 bits per heavy atom. The summed E-state index contributed by atoms with van der Waals surface area (Å²) in [4.78, 5) is 2.70. The number of hydrogen-bond acceptors (Lipinski definition) is 1. The van der Waals surface area contributed by atoms with Crippen LogP contribution < -0.4 is 0 Å². The maximum Gasteiger partial charge on any atom is 0.00987 e. The molecule has 2 heterocycles. The third-order valence-electron chi connectivity index (χ3n) is 3.26. The summed E-state index contributed by atoms with van der Waals surface area (Å²) in [6, 6.07) is 1.88. The van der Waals surface area contributed by atoms with Gasteiger partial charge in [0, 0.05) is 12.1 Å². The largest absolute Gasteiger partial charge is 0.297 e. The van der Waals surface area contributed by atoms with Gasteiger partial charge in [0.05, 0.1) is 0 Å². The van der Waals surface area contributed by atoms with Gasteiger partial charge in [-0.05, 0) is 38.6 Å². The maximum absolute atomic E-state index is 3.93. The smallest absolute Gasteiger partial charge is 0.00987 e. The highest BCUT2D eigenvalue weighted by Gasteiger charge is 2.35. The van der Waals surface area contributed by atoms with E-state index in [1.54, 1.807) is 0 Å². The van der Waals surface area contributed by atoms with Crippen LogP contribution in [0, 0.1) is 6.92 Å².